The van der Waals surface area contributed by atoms with Gasteiger partial charge < -0.3 is 9.84 Å². The van der Waals surface area contributed by atoms with Gasteiger partial charge in [0, 0.05) is 0 Å². The second-order valence-corrected chi connectivity index (χ2v) is 3.20. The number of halogens is 3. The summed E-state index contributed by atoms with van der Waals surface area (Å²) in [4.78, 5) is 0. The summed E-state index contributed by atoms with van der Waals surface area (Å²) < 4.78 is 5.00. The summed E-state index contributed by atoms with van der Waals surface area (Å²) in [5, 5.41) is 8.64. The van der Waals surface area contributed by atoms with Gasteiger partial charge in [-0.25, -0.2) is 0 Å². The highest BCUT2D eigenvalue weighted by molar-refractivity contribution is 6.59. The van der Waals surface area contributed by atoms with Crippen molar-refractivity contribution in [1.82, 2.24) is 0 Å². The largest absolute Gasteiger partial charge is 0.394 e. The Balaban J connectivity index is 3.83. The monoisotopic (exact) mass is 218 g/mol. The molecule has 0 aromatic carbocycles. The first-order chi connectivity index (χ1) is 5.09. The van der Waals surface area contributed by atoms with E-state index in [2.05, 4.69) is 0 Å². The Morgan fingerprint density at radius 3 is 2.36 bits per heavy atom. The molecule has 11 heavy (non-hydrogen) atoms. The Hall–Kier alpha value is 0.530. The Kier molecular flexibility index (Phi) is 6.38. The predicted octanol–water partition coefficient (Wildman–Crippen LogP) is 2.27. The average Bonchev–Trinajstić information content (AvgIpc) is 1.98. The molecule has 0 aromatic rings. The molecule has 1 N–H and O–H groups in total. The maximum atomic E-state index is 8.39. The molecule has 1 atom stereocenters. The minimum atomic E-state index is -0.367. The Morgan fingerprint density at radius 1 is 1.45 bits per heavy atom. The summed E-state index contributed by atoms with van der Waals surface area (Å²) in [6.45, 7) is 1.87. The number of aliphatic hydroxyl groups is 1. The summed E-state index contributed by atoms with van der Waals surface area (Å²) in [7, 11) is 0. The molecule has 0 rings (SSSR count). The van der Waals surface area contributed by atoms with Crippen LogP contribution in [-0.4, -0.2) is 24.4 Å². The van der Waals surface area contributed by atoms with Gasteiger partial charge in [-0.05, 0) is 6.92 Å². The summed E-state index contributed by atoms with van der Waals surface area (Å²) >= 11 is 16.4. The standard InChI is InChI=1S/C6H9Cl3O2/c1-4(11-3-2-10)5(7)6(8)9/h4,10H,2-3H2,1H3. The molecule has 1 unspecified atom stereocenters. The lowest BCUT2D eigenvalue weighted by molar-refractivity contribution is 0.0618. The molecule has 0 spiro atoms. The van der Waals surface area contributed by atoms with Crippen molar-refractivity contribution >= 4 is 34.8 Å². The van der Waals surface area contributed by atoms with Crippen LogP contribution in [0.4, 0.5) is 0 Å². The van der Waals surface area contributed by atoms with Crippen LogP contribution < -0.4 is 0 Å². The predicted molar refractivity (Wildman–Crippen MR) is 47.1 cm³/mol. The molecular formula is C6H9Cl3O2. The molecule has 66 valence electrons. The van der Waals surface area contributed by atoms with Crippen molar-refractivity contribution in [1.29, 1.82) is 0 Å². The minimum Gasteiger partial charge on any atom is -0.394 e. The van der Waals surface area contributed by atoms with Gasteiger partial charge in [0.15, 0.2) is 0 Å². The molecule has 2 nitrogen and oxygen atoms in total. The van der Waals surface area contributed by atoms with Crippen molar-refractivity contribution < 1.29 is 9.84 Å². The summed E-state index contributed by atoms with van der Waals surface area (Å²) in [5.41, 5.74) is 0. The van der Waals surface area contributed by atoms with Crippen LogP contribution in [0, 0.1) is 0 Å². The highest BCUT2D eigenvalue weighted by Crippen LogP contribution is 2.22. The van der Waals surface area contributed by atoms with Crippen molar-refractivity contribution in [2.24, 2.45) is 0 Å². The van der Waals surface area contributed by atoms with Crippen LogP contribution in [0.25, 0.3) is 0 Å². The van der Waals surface area contributed by atoms with Crippen molar-refractivity contribution in [3.05, 3.63) is 9.52 Å². The third kappa shape index (κ3) is 4.88. The van der Waals surface area contributed by atoms with Gasteiger partial charge in [0.25, 0.3) is 0 Å². The third-order valence-corrected chi connectivity index (χ3v) is 2.09. The van der Waals surface area contributed by atoms with Gasteiger partial charge in [-0.2, -0.15) is 0 Å². The minimum absolute atomic E-state index is 0.00268. The van der Waals surface area contributed by atoms with Gasteiger partial charge in [-0.3, -0.25) is 0 Å². The van der Waals surface area contributed by atoms with Gasteiger partial charge in [-0.1, -0.05) is 34.8 Å². The van der Waals surface area contributed by atoms with Crippen molar-refractivity contribution in [3.63, 3.8) is 0 Å². The van der Waals surface area contributed by atoms with Crippen LogP contribution in [0.1, 0.15) is 6.92 Å². The van der Waals surface area contributed by atoms with Gasteiger partial charge >= 0.3 is 0 Å². The number of rotatable bonds is 4. The number of aliphatic hydroxyl groups excluding tert-OH is 1. The number of hydrogen-bond donors (Lipinski definition) is 1. The molecule has 0 aromatic heterocycles. The van der Waals surface area contributed by atoms with Crippen LogP contribution in [0.3, 0.4) is 0 Å². The fourth-order valence-electron chi connectivity index (χ4n) is 0.456. The van der Waals surface area contributed by atoms with E-state index in [1.807, 2.05) is 0 Å². The number of ether oxygens (including phenoxy) is 1. The van der Waals surface area contributed by atoms with Gasteiger partial charge in [0.2, 0.25) is 0 Å². The SMILES string of the molecule is CC(OCCO)C(Cl)=C(Cl)Cl. The van der Waals surface area contributed by atoms with Crippen molar-refractivity contribution in [2.45, 2.75) is 13.0 Å². The first kappa shape index (κ1) is 11.5. The maximum absolute atomic E-state index is 8.39. The lowest BCUT2D eigenvalue weighted by atomic mass is 10.4. The normalized spacial score (nSPS) is 12.8. The first-order valence-corrected chi connectivity index (χ1v) is 4.16. The molecule has 0 heterocycles. The van der Waals surface area contributed by atoms with E-state index in [-0.39, 0.29) is 28.8 Å². The van der Waals surface area contributed by atoms with Crippen LogP contribution in [0.2, 0.25) is 0 Å². The number of hydrogen-bond acceptors (Lipinski definition) is 2. The molecule has 0 aliphatic rings. The van der Waals surface area contributed by atoms with Crippen LogP contribution in [0.5, 0.6) is 0 Å². The topological polar surface area (TPSA) is 29.5 Å². The van der Waals surface area contributed by atoms with Crippen LogP contribution in [-0.2, 0) is 4.74 Å². The van der Waals surface area contributed by atoms with E-state index < -0.39 is 0 Å². The first-order valence-electron chi connectivity index (χ1n) is 3.02. The zero-order valence-electron chi connectivity index (χ0n) is 5.98. The fraction of sp³-hybridized carbons (Fsp3) is 0.667. The zero-order chi connectivity index (χ0) is 8.85. The third-order valence-electron chi connectivity index (χ3n) is 0.997. The summed E-state index contributed by atoms with van der Waals surface area (Å²) in [6.07, 6.45) is -0.367. The van der Waals surface area contributed by atoms with Gasteiger partial charge in [-0.15, -0.1) is 0 Å². The highest BCUT2D eigenvalue weighted by Gasteiger charge is 2.09. The van der Waals surface area contributed by atoms with E-state index in [1.165, 1.54) is 0 Å². The molecule has 0 amide bonds. The average molecular weight is 219 g/mol. The smallest absolute Gasteiger partial charge is 0.123 e. The molecule has 0 aliphatic carbocycles. The van der Waals surface area contributed by atoms with Gasteiger partial charge in [0.05, 0.1) is 24.4 Å². The lowest BCUT2D eigenvalue weighted by Gasteiger charge is -2.10. The lowest BCUT2D eigenvalue weighted by Crippen LogP contribution is -2.11. The van der Waals surface area contributed by atoms with E-state index >= 15 is 0 Å². The van der Waals surface area contributed by atoms with E-state index in [0.717, 1.165) is 0 Å². The molecule has 0 bridgehead atoms. The van der Waals surface area contributed by atoms with E-state index in [0.29, 0.717) is 0 Å². The zero-order valence-corrected chi connectivity index (χ0v) is 8.25. The van der Waals surface area contributed by atoms with Crippen LogP contribution in [0.15, 0.2) is 9.52 Å². The Morgan fingerprint density at radius 2 is 2.00 bits per heavy atom. The molecule has 0 aliphatic heterocycles. The summed E-state index contributed by atoms with van der Waals surface area (Å²) in [6, 6.07) is 0. The molecule has 0 fully saturated rings. The highest BCUT2D eigenvalue weighted by atomic mass is 35.5. The van der Waals surface area contributed by atoms with E-state index in [4.69, 9.17) is 44.6 Å². The molecular weight excluding hydrogens is 210 g/mol. The quantitative estimate of drug-likeness (QED) is 0.786. The second-order valence-electron chi connectivity index (χ2n) is 1.84. The Labute approximate surface area is 80.7 Å². The van der Waals surface area contributed by atoms with Crippen molar-refractivity contribution in [3.8, 4) is 0 Å². The Bertz CT molecular complexity index is 143. The second kappa shape index (κ2) is 6.09. The molecule has 5 heteroatoms. The molecule has 0 radical (unpaired) electrons. The van der Waals surface area contributed by atoms with E-state index in [9.17, 15) is 0 Å². The molecule has 0 saturated heterocycles. The molecule has 0 saturated carbocycles. The van der Waals surface area contributed by atoms with Crippen LogP contribution >= 0.6 is 34.8 Å². The van der Waals surface area contributed by atoms with Gasteiger partial charge in [0.1, 0.15) is 4.49 Å². The van der Waals surface area contributed by atoms with Crippen molar-refractivity contribution in [2.75, 3.05) is 13.2 Å². The summed E-state index contributed by atoms with van der Waals surface area (Å²) in [5.74, 6) is 0. The van der Waals surface area contributed by atoms with E-state index in [1.54, 1.807) is 6.92 Å². The maximum Gasteiger partial charge on any atom is 0.123 e. The fourth-order valence-corrected chi connectivity index (χ4v) is 0.827.